The molecule has 0 aromatic heterocycles. The SMILES string of the molecule is CC(CN1C[C@H]2CNC[C@H]2C1)c1cccc(Cl)c1.Cl. The van der Waals surface area contributed by atoms with Crippen molar-refractivity contribution in [2.24, 2.45) is 11.8 Å². The van der Waals surface area contributed by atoms with Crippen LogP contribution in [0.25, 0.3) is 0 Å². The quantitative estimate of drug-likeness (QED) is 0.923. The first kappa shape index (κ1) is 15.1. The predicted molar refractivity (Wildman–Crippen MR) is 83.4 cm³/mol. The molecule has 3 atom stereocenters. The summed E-state index contributed by atoms with van der Waals surface area (Å²) >= 11 is 6.06. The summed E-state index contributed by atoms with van der Waals surface area (Å²) in [4.78, 5) is 2.63. The average molecular weight is 301 g/mol. The number of likely N-dealkylation sites (tertiary alicyclic amines) is 1. The summed E-state index contributed by atoms with van der Waals surface area (Å²) in [6.07, 6.45) is 0. The second-order valence-corrected chi connectivity index (χ2v) is 6.29. The summed E-state index contributed by atoms with van der Waals surface area (Å²) in [6.45, 7) is 8.43. The van der Waals surface area contributed by atoms with Crippen molar-refractivity contribution in [2.75, 3.05) is 32.7 Å². The maximum absolute atomic E-state index is 6.06. The molecule has 2 saturated heterocycles. The van der Waals surface area contributed by atoms with Gasteiger partial charge in [0.25, 0.3) is 0 Å². The van der Waals surface area contributed by atoms with Gasteiger partial charge >= 0.3 is 0 Å². The number of rotatable bonds is 3. The molecule has 2 aliphatic rings. The van der Waals surface area contributed by atoms with Crippen molar-refractivity contribution >= 4 is 24.0 Å². The molecule has 3 rings (SSSR count). The van der Waals surface area contributed by atoms with Crippen LogP contribution in [0.15, 0.2) is 24.3 Å². The minimum absolute atomic E-state index is 0. The largest absolute Gasteiger partial charge is 0.316 e. The summed E-state index contributed by atoms with van der Waals surface area (Å²) < 4.78 is 0. The molecule has 1 aromatic carbocycles. The first-order valence-electron chi connectivity index (χ1n) is 6.91. The van der Waals surface area contributed by atoms with Crippen LogP contribution in [-0.2, 0) is 0 Å². The van der Waals surface area contributed by atoms with Crippen molar-refractivity contribution in [3.63, 3.8) is 0 Å². The van der Waals surface area contributed by atoms with Crippen LogP contribution in [-0.4, -0.2) is 37.6 Å². The van der Waals surface area contributed by atoms with E-state index in [9.17, 15) is 0 Å². The zero-order valence-electron chi connectivity index (χ0n) is 11.3. The summed E-state index contributed by atoms with van der Waals surface area (Å²) in [5.41, 5.74) is 1.36. The number of halogens is 2. The normalized spacial score (nSPS) is 27.9. The van der Waals surface area contributed by atoms with Crippen LogP contribution < -0.4 is 5.32 Å². The van der Waals surface area contributed by atoms with E-state index in [0.717, 1.165) is 23.4 Å². The summed E-state index contributed by atoms with van der Waals surface area (Å²) in [6, 6.07) is 8.29. The Bertz CT molecular complexity index is 412. The van der Waals surface area contributed by atoms with E-state index in [0.29, 0.717) is 5.92 Å². The molecule has 0 saturated carbocycles. The molecule has 2 heterocycles. The average Bonchev–Trinajstić information content (AvgIpc) is 2.89. The Morgan fingerprint density at radius 1 is 1.32 bits per heavy atom. The van der Waals surface area contributed by atoms with Gasteiger partial charge in [-0.25, -0.2) is 0 Å². The predicted octanol–water partition coefficient (Wildman–Crippen LogP) is 3.02. The molecule has 0 amide bonds. The highest BCUT2D eigenvalue weighted by atomic mass is 35.5. The molecule has 0 aliphatic carbocycles. The van der Waals surface area contributed by atoms with E-state index in [4.69, 9.17) is 11.6 Å². The molecule has 2 nitrogen and oxygen atoms in total. The van der Waals surface area contributed by atoms with Gasteiger partial charge in [-0.15, -0.1) is 12.4 Å². The van der Waals surface area contributed by atoms with Crippen LogP contribution in [0.4, 0.5) is 0 Å². The van der Waals surface area contributed by atoms with Gasteiger partial charge in [0.1, 0.15) is 0 Å². The van der Waals surface area contributed by atoms with Crippen LogP contribution in [0.5, 0.6) is 0 Å². The third-order valence-corrected chi connectivity index (χ3v) is 4.65. The van der Waals surface area contributed by atoms with Crippen molar-refractivity contribution in [3.8, 4) is 0 Å². The molecule has 0 bridgehead atoms. The van der Waals surface area contributed by atoms with Crippen LogP contribution in [0.3, 0.4) is 0 Å². The molecule has 1 N–H and O–H groups in total. The number of nitrogens with zero attached hydrogens (tertiary/aromatic N) is 1. The Hall–Kier alpha value is -0.280. The van der Waals surface area contributed by atoms with Gasteiger partial charge in [0, 0.05) is 24.7 Å². The summed E-state index contributed by atoms with van der Waals surface area (Å²) in [5.74, 6) is 2.34. The molecule has 0 radical (unpaired) electrons. The van der Waals surface area contributed by atoms with Gasteiger partial charge in [0.2, 0.25) is 0 Å². The van der Waals surface area contributed by atoms with E-state index in [1.807, 2.05) is 6.07 Å². The van der Waals surface area contributed by atoms with E-state index in [2.05, 4.69) is 35.3 Å². The van der Waals surface area contributed by atoms with E-state index in [-0.39, 0.29) is 12.4 Å². The Balaban J connectivity index is 0.00000133. The van der Waals surface area contributed by atoms with Gasteiger partial charge in [-0.05, 0) is 48.5 Å². The number of fused-ring (bicyclic) bond motifs is 1. The van der Waals surface area contributed by atoms with E-state index in [1.165, 1.54) is 31.7 Å². The smallest absolute Gasteiger partial charge is 0.0408 e. The standard InChI is InChI=1S/C15H21ClN2.ClH/c1-11(12-3-2-4-15(16)5-12)8-18-9-13-6-17-7-14(13)10-18;/h2-5,11,13-14,17H,6-10H2,1H3;1H/t11?,13-,14+;. The Morgan fingerprint density at radius 3 is 2.63 bits per heavy atom. The van der Waals surface area contributed by atoms with Crippen LogP contribution in [0, 0.1) is 11.8 Å². The van der Waals surface area contributed by atoms with Gasteiger partial charge in [0.05, 0.1) is 0 Å². The number of nitrogens with one attached hydrogen (secondary N) is 1. The number of hydrogen-bond donors (Lipinski definition) is 1. The fraction of sp³-hybridized carbons (Fsp3) is 0.600. The second-order valence-electron chi connectivity index (χ2n) is 5.85. The Labute approximate surface area is 126 Å². The maximum Gasteiger partial charge on any atom is 0.0408 e. The van der Waals surface area contributed by atoms with Crippen molar-refractivity contribution in [2.45, 2.75) is 12.8 Å². The highest BCUT2D eigenvalue weighted by molar-refractivity contribution is 6.30. The maximum atomic E-state index is 6.06. The highest BCUT2D eigenvalue weighted by Crippen LogP contribution is 2.28. The van der Waals surface area contributed by atoms with Gasteiger partial charge in [-0.3, -0.25) is 0 Å². The van der Waals surface area contributed by atoms with Crippen LogP contribution >= 0.6 is 24.0 Å². The molecular weight excluding hydrogens is 279 g/mol. The molecular formula is C15H22Cl2N2. The van der Waals surface area contributed by atoms with Crippen molar-refractivity contribution in [1.29, 1.82) is 0 Å². The van der Waals surface area contributed by atoms with E-state index in [1.54, 1.807) is 0 Å². The fourth-order valence-corrected chi connectivity index (χ4v) is 3.61. The van der Waals surface area contributed by atoms with E-state index >= 15 is 0 Å². The lowest BCUT2D eigenvalue weighted by Gasteiger charge is -2.22. The second kappa shape index (κ2) is 6.45. The molecule has 106 valence electrons. The van der Waals surface area contributed by atoms with Gasteiger partial charge < -0.3 is 10.2 Å². The third kappa shape index (κ3) is 3.43. The van der Waals surface area contributed by atoms with Crippen molar-refractivity contribution < 1.29 is 0 Å². The zero-order valence-corrected chi connectivity index (χ0v) is 12.9. The molecule has 2 fully saturated rings. The first-order chi connectivity index (χ1) is 8.72. The molecule has 4 heteroatoms. The Kier molecular flexibility index (Phi) is 5.13. The molecule has 19 heavy (non-hydrogen) atoms. The third-order valence-electron chi connectivity index (χ3n) is 4.41. The first-order valence-corrected chi connectivity index (χ1v) is 7.28. The summed E-state index contributed by atoms with van der Waals surface area (Å²) in [7, 11) is 0. The van der Waals surface area contributed by atoms with Crippen molar-refractivity contribution in [3.05, 3.63) is 34.9 Å². The lowest BCUT2D eigenvalue weighted by Crippen LogP contribution is -2.29. The molecule has 2 aliphatic heterocycles. The highest BCUT2D eigenvalue weighted by Gasteiger charge is 2.36. The number of hydrogen-bond acceptors (Lipinski definition) is 2. The molecule has 0 spiro atoms. The van der Waals surface area contributed by atoms with Gasteiger partial charge in [-0.2, -0.15) is 0 Å². The topological polar surface area (TPSA) is 15.3 Å². The molecule has 1 aromatic rings. The number of benzene rings is 1. The lowest BCUT2D eigenvalue weighted by molar-refractivity contribution is 0.298. The summed E-state index contributed by atoms with van der Waals surface area (Å²) in [5, 5.41) is 4.34. The van der Waals surface area contributed by atoms with Crippen LogP contribution in [0.1, 0.15) is 18.4 Å². The monoisotopic (exact) mass is 300 g/mol. The van der Waals surface area contributed by atoms with Gasteiger partial charge in [0.15, 0.2) is 0 Å². The van der Waals surface area contributed by atoms with Crippen LogP contribution in [0.2, 0.25) is 5.02 Å². The minimum Gasteiger partial charge on any atom is -0.316 e. The fourth-order valence-electron chi connectivity index (χ4n) is 3.41. The molecule has 1 unspecified atom stereocenters. The minimum atomic E-state index is 0. The lowest BCUT2D eigenvalue weighted by atomic mass is 10.0. The van der Waals surface area contributed by atoms with Gasteiger partial charge in [-0.1, -0.05) is 30.7 Å². The van der Waals surface area contributed by atoms with Crippen molar-refractivity contribution in [1.82, 2.24) is 10.2 Å². The van der Waals surface area contributed by atoms with E-state index < -0.39 is 0 Å². The Morgan fingerprint density at radius 2 is 2.00 bits per heavy atom. The zero-order chi connectivity index (χ0) is 12.5.